The molecule has 27 heavy (non-hydrogen) atoms. The van der Waals surface area contributed by atoms with E-state index >= 15 is 0 Å². The van der Waals surface area contributed by atoms with E-state index in [1.807, 2.05) is 45.0 Å². The van der Waals surface area contributed by atoms with Gasteiger partial charge in [-0.2, -0.15) is 10.4 Å². The van der Waals surface area contributed by atoms with Crippen molar-refractivity contribution in [1.29, 1.82) is 5.26 Å². The van der Waals surface area contributed by atoms with Gasteiger partial charge in [-0.1, -0.05) is 0 Å². The molecule has 1 saturated heterocycles. The molecule has 2 aromatic heterocycles. The number of nitrogens with zero attached hydrogens (tertiary/aromatic N) is 4. The van der Waals surface area contributed by atoms with Crippen LogP contribution in [-0.4, -0.2) is 43.6 Å². The third kappa shape index (κ3) is 3.72. The molecule has 2 atom stereocenters. The largest absolute Gasteiger partial charge is 0.350 e. The van der Waals surface area contributed by atoms with Crippen LogP contribution in [0.2, 0.25) is 0 Å². The maximum atomic E-state index is 12.7. The van der Waals surface area contributed by atoms with Crippen LogP contribution < -0.4 is 5.32 Å². The summed E-state index contributed by atoms with van der Waals surface area (Å²) < 4.78 is 1.72. The van der Waals surface area contributed by atoms with Crippen molar-refractivity contribution in [1.82, 2.24) is 25.0 Å². The van der Waals surface area contributed by atoms with Crippen LogP contribution in [0.15, 0.2) is 24.5 Å². The lowest BCUT2D eigenvalue weighted by molar-refractivity contribution is -0.133. The highest BCUT2D eigenvalue weighted by molar-refractivity contribution is 5.92. The van der Waals surface area contributed by atoms with Crippen molar-refractivity contribution in [3.63, 3.8) is 0 Å². The van der Waals surface area contributed by atoms with Gasteiger partial charge in [0.1, 0.15) is 17.5 Å². The van der Waals surface area contributed by atoms with E-state index in [0.29, 0.717) is 24.4 Å². The van der Waals surface area contributed by atoms with E-state index in [9.17, 15) is 9.59 Å². The Kier molecular flexibility index (Phi) is 4.79. The summed E-state index contributed by atoms with van der Waals surface area (Å²) in [5, 5.41) is 16.0. The number of hydrogen-bond donors (Lipinski definition) is 2. The van der Waals surface area contributed by atoms with Crippen LogP contribution in [0.4, 0.5) is 0 Å². The zero-order valence-electron chi connectivity index (χ0n) is 16.0. The summed E-state index contributed by atoms with van der Waals surface area (Å²) in [5.74, 6) is -0.277. The van der Waals surface area contributed by atoms with Crippen LogP contribution in [0.25, 0.3) is 0 Å². The standard InChI is InChI=1S/C19H24N6O2/c1-19(2,3)25-16(26)7-12(17(25)13-10-22-24(4)11-13)9-21-18(27)15-6-5-14(8-20)23-15/h5-6,10-12,17,23H,7,9H2,1-4H3,(H,21,27)/t12-,17+/m0/s1. The first kappa shape index (κ1) is 18.7. The lowest BCUT2D eigenvalue weighted by Gasteiger charge is -2.38. The number of hydrogen-bond acceptors (Lipinski definition) is 4. The molecule has 3 heterocycles. The van der Waals surface area contributed by atoms with Crippen LogP contribution in [-0.2, 0) is 11.8 Å². The highest BCUT2D eigenvalue weighted by atomic mass is 16.2. The van der Waals surface area contributed by atoms with Gasteiger partial charge in [0.05, 0.1) is 12.2 Å². The first-order chi connectivity index (χ1) is 12.7. The Morgan fingerprint density at radius 3 is 2.74 bits per heavy atom. The molecule has 142 valence electrons. The lowest BCUT2D eigenvalue weighted by atomic mass is 9.93. The Balaban J connectivity index is 1.79. The number of amides is 2. The number of carbonyl (C=O) groups excluding carboxylic acids is 2. The van der Waals surface area contributed by atoms with Crippen molar-refractivity contribution < 1.29 is 9.59 Å². The first-order valence-electron chi connectivity index (χ1n) is 8.88. The topological polar surface area (TPSA) is 107 Å². The Morgan fingerprint density at radius 2 is 2.19 bits per heavy atom. The Hall–Kier alpha value is -3.08. The monoisotopic (exact) mass is 368 g/mol. The van der Waals surface area contributed by atoms with E-state index < -0.39 is 0 Å². The van der Waals surface area contributed by atoms with Crippen molar-refractivity contribution in [2.75, 3.05) is 6.54 Å². The summed E-state index contributed by atoms with van der Waals surface area (Å²) in [6, 6.07) is 4.95. The molecule has 0 aromatic carbocycles. The van der Waals surface area contributed by atoms with E-state index in [-0.39, 0.29) is 29.3 Å². The zero-order chi connectivity index (χ0) is 19.8. The molecule has 1 fully saturated rings. The van der Waals surface area contributed by atoms with E-state index in [4.69, 9.17) is 5.26 Å². The van der Waals surface area contributed by atoms with Crippen LogP contribution in [0.1, 0.15) is 55.0 Å². The maximum absolute atomic E-state index is 12.7. The van der Waals surface area contributed by atoms with Crippen molar-refractivity contribution in [3.8, 4) is 6.07 Å². The second kappa shape index (κ2) is 6.91. The van der Waals surface area contributed by atoms with Gasteiger partial charge in [-0.15, -0.1) is 0 Å². The fraction of sp³-hybridized carbons (Fsp3) is 0.474. The van der Waals surface area contributed by atoms with Crippen LogP contribution in [0.5, 0.6) is 0 Å². The smallest absolute Gasteiger partial charge is 0.267 e. The SMILES string of the molecule is Cn1cc([C@H]2[C@H](CNC(=O)c3ccc(C#N)[nH]3)CC(=O)N2C(C)(C)C)cn1. The number of H-pyrrole nitrogens is 1. The van der Waals surface area contributed by atoms with Crippen LogP contribution in [0, 0.1) is 17.2 Å². The van der Waals surface area contributed by atoms with Gasteiger partial charge in [0, 0.05) is 43.2 Å². The van der Waals surface area contributed by atoms with E-state index in [0.717, 1.165) is 5.56 Å². The van der Waals surface area contributed by atoms with Gasteiger partial charge >= 0.3 is 0 Å². The molecule has 2 aromatic rings. The molecule has 0 spiro atoms. The Morgan fingerprint density at radius 1 is 1.44 bits per heavy atom. The second-order valence-electron chi connectivity index (χ2n) is 7.90. The lowest BCUT2D eigenvalue weighted by Crippen LogP contribution is -2.44. The quantitative estimate of drug-likeness (QED) is 0.857. The van der Waals surface area contributed by atoms with Gasteiger partial charge in [-0.25, -0.2) is 0 Å². The van der Waals surface area contributed by atoms with Gasteiger partial charge in [0.15, 0.2) is 0 Å². The number of rotatable bonds is 4. The van der Waals surface area contributed by atoms with E-state index in [1.165, 1.54) is 0 Å². The minimum Gasteiger partial charge on any atom is -0.350 e. The average molecular weight is 368 g/mol. The fourth-order valence-electron chi connectivity index (χ4n) is 3.70. The molecule has 0 radical (unpaired) electrons. The van der Waals surface area contributed by atoms with Gasteiger partial charge < -0.3 is 15.2 Å². The molecular formula is C19H24N6O2. The number of aromatic nitrogens is 3. The summed E-state index contributed by atoms with van der Waals surface area (Å²) in [4.78, 5) is 29.7. The molecule has 3 rings (SSSR count). The molecule has 8 heteroatoms. The molecule has 0 aliphatic carbocycles. The van der Waals surface area contributed by atoms with Crippen LogP contribution in [0.3, 0.4) is 0 Å². The predicted octanol–water partition coefficient (Wildman–Crippen LogP) is 1.74. The normalized spacial score (nSPS) is 20.0. The predicted molar refractivity (Wildman–Crippen MR) is 98.5 cm³/mol. The zero-order valence-corrected chi connectivity index (χ0v) is 16.0. The van der Waals surface area contributed by atoms with Crippen molar-refractivity contribution in [3.05, 3.63) is 41.5 Å². The summed E-state index contributed by atoms with van der Waals surface area (Å²) in [5.41, 5.74) is 1.30. The second-order valence-corrected chi connectivity index (χ2v) is 7.90. The highest BCUT2D eigenvalue weighted by Gasteiger charge is 2.45. The Bertz CT molecular complexity index is 898. The van der Waals surface area contributed by atoms with Crippen molar-refractivity contribution in [2.24, 2.45) is 13.0 Å². The van der Waals surface area contributed by atoms with Gasteiger partial charge in [0.2, 0.25) is 5.91 Å². The molecule has 1 aliphatic heterocycles. The molecule has 2 N–H and O–H groups in total. The molecule has 1 aliphatic rings. The van der Waals surface area contributed by atoms with Gasteiger partial charge in [-0.3, -0.25) is 14.3 Å². The minimum atomic E-state index is -0.336. The Labute approximate surface area is 158 Å². The van der Waals surface area contributed by atoms with Crippen LogP contribution >= 0.6 is 0 Å². The first-order valence-corrected chi connectivity index (χ1v) is 8.88. The molecule has 0 unspecified atom stereocenters. The molecule has 2 amide bonds. The summed E-state index contributed by atoms with van der Waals surface area (Å²) >= 11 is 0. The highest BCUT2D eigenvalue weighted by Crippen LogP contribution is 2.41. The number of likely N-dealkylation sites (tertiary alicyclic amines) is 1. The van der Waals surface area contributed by atoms with Gasteiger partial charge in [-0.05, 0) is 32.9 Å². The van der Waals surface area contributed by atoms with Crippen molar-refractivity contribution >= 4 is 11.8 Å². The average Bonchev–Trinajstić information content (AvgIpc) is 3.29. The number of aromatic amines is 1. The third-order valence-corrected chi connectivity index (χ3v) is 4.80. The van der Waals surface area contributed by atoms with E-state index in [1.54, 1.807) is 23.0 Å². The molecule has 0 saturated carbocycles. The van der Waals surface area contributed by atoms with E-state index in [2.05, 4.69) is 15.4 Å². The molecule has 0 bridgehead atoms. The fourth-order valence-corrected chi connectivity index (χ4v) is 3.70. The number of nitriles is 1. The molecule has 8 nitrogen and oxygen atoms in total. The number of carbonyl (C=O) groups is 2. The summed E-state index contributed by atoms with van der Waals surface area (Å²) in [6.45, 7) is 6.39. The maximum Gasteiger partial charge on any atom is 0.267 e. The molecular weight excluding hydrogens is 344 g/mol. The minimum absolute atomic E-state index is 0.0599. The van der Waals surface area contributed by atoms with Gasteiger partial charge in [0.25, 0.3) is 5.91 Å². The number of nitrogens with one attached hydrogen (secondary N) is 2. The number of aryl methyl sites for hydroxylation is 1. The summed E-state index contributed by atoms with van der Waals surface area (Å²) in [6.07, 6.45) is 4.06. The van der Waals surface area contributed by atoms with Crippen molar-refractivity contribution in [2.45, 2.75) is 38.8 Å². The summed E-state index contributed by atoms with van der Waals surface area (Å²) in [7, 11) is 1.84. The third-order valence-electron chi connectivity index (χ3n) is 4.80.